The second-order valence-corrected chi connectivity index (χ2v) is 5.69. The van der Waals surface area contributed by atoms with Gasteiger partial charge in [-0.25, -0.2) is 0 Å². The number of aryl methyl sites for hydroxylation is 2. The van der Waals surface area contributed by atoms with Crippen LogP contribution in [0.5, 0.6) is 0 Å². The van der Waals surface area contributed by atoms with E-state index in [1.165, 1.54) is 6.42 Å². The highest BCUT2D eigenvalue weighted by atomic mass is 15.2. The molecular weight excluding hydrogens is 210 g/mol. The summed E-state index contributed by atoms with van der Waals surface area (Å²) in [5.41, 5.74) is 3.96. The summed E-state index contributed by atoms with van der Waals surface area (Å²) in [6.45, 7) is 10.5. The number of nitrogens with zero attached hydrogens (tertiary/aromatic N) is 3. The lowest BCUT2D eigenvalue weighted by molar-refractivity contribution is 0.418. The monoisotopic (exact) mass is 229 g/mol. The lowest BCUT2D eigenvalue weighted by Gasteiger charge is -2.23. The van der Waals surface area contributed by atoms with E-state index in [-0.39, 0.29) is 0 Å². The molecule has 0 spiro atoms. The molecule has 0 radical (unpaired) electrons. The van der Waals surface area contributed by atoms with Crippen LogP contribution in [-0.2, 0) is 0 Å². The van der Waals surface area contributed by atoms with Crippen LogP contribution in [0.15, 0.2) is 6.07 Å². The van der Waals surface area contributed by atoms with Gasteiger partial charge in [-0.15, -0.1) is 0 Å². The molecule has 1 aromatic heterocycles. The Morgan fingerprint density at radius 1 is 1.41 bits per heavy atom. The molecule has 1 aliphatic heterocycles. The predicted molar refractivity (Wildman–Crippen MR) is 69.0 cm³/mol. The molecule has 0 aromatic carbocycles. The molecule has 1 saturated heterocycles. The smallest absolute Gasteiger partial charge is 0.103 e. The minimum atomic E-state index is 0.345. The van der Waals surface area contributed by atoms with Gasteiger partial charge >= 0.3 is 0 Å². The van der Waals surface area contributed by atoms with Crippen molar-refractivity contribution < 1.29 is 0 Å². The van der Waals surface area contributed by atoms with Crippen LogP contribution in [0.3, 0.4) is 0 Å². The van der Waals surface area contributed by atoms with Gasteiger partial charge < -0.3 is 4.90 Å². The van der Waals surface area contributed by atoms with Crippen LogP contribution in [0.1, 0.15) is 37.2 Å². The summed E-state index contributed by atoms with van der Waals surface area (Å²) in [6, 6.07) is 4.33. The van der Waals surface area contributed by atoms with Gasteiger partial charge in [-0.2, -0.15) is 5.26 Å². The third-order valence-electron chi connectivity index (χ3n) is 3.44. The maximum atomic E-state index is 9.26. The maximum Gasteiger partial charge on any atom is 0.103 e. The third-order valence-corrected chi connectivity index (χ3v) is 3.44. The normalized spacial score (nSPS) is 18.2. The van der Waals surface area contributed by atoms with Crippen molar-refractivity contribution >= 4 is 5.69 Å². The van der Waals surface area contributed by atoms with E-state index in [0.29, 0.717) is 5.41 Å². The van der Waals surface area contributed by atoms with Crippen molar-refractivity contribution in [1.29, 1.82) is 5.26 Å². The van der Waals surface area contributed by atoms with E-state index in [2.05, 4.69) is 29.8 Å². The van der Waals surface area contributed by atoms with E-state index in [9.17, 15) is 5.26 Å². The maximum absolute atomic E-state index is 9.26. The summed E-state index contributed by atoms with van der Waals surface area (Å²) < 4.78 is 0. The van der Waals surface area contributed by atoms with Gasteiger partial charge in [0.1, 0.15) is 6.07 Å². The molecule has 2 rings (SSSR count). The summed E-state index contributed by atoms with van der Waals surface area (Å²) in [7, 11) is 0. The molecule has 0 amide bonds. The molecule has 1 aromatic rings. The van der Waals surface area contributed by atoms with E-state index in [4.69, 9.17) is 0 Å². The van der Waals surface area contributed by atoms with Crippen LogP contribution in [0.25, 0.3) is 0 Å². The third kappa shape index (κ3) is 2.26. The van der Waals surface area contributed by atoms with E-state index in [0.717, 1.165) is 35.7 Å². The fourth-order valence-electron chi connectivity index (χ4n) is 2.51. The first kappa shape index (κ1) is 11.9. The summed E-state index contributed by atoms with van der Waals surface area (Å²) >= 11 is 0. The number of nitriles is 1. The molecule has 90 valence electrons. The number of aromatic nitrogens is 1. The van der Waals surface area contributed by atoms with Crippen molar-refractivity contribution in [1.82, 2.24) is 4.98 Å². The zero-order valence-corrected chi connectivity index (χ0v) is 11.0. The van der Waals surface area contributed by atoms with Crippen molar-refractivity contribution in [3.05, 3.63) is 23.0 Å². The fourth-order valence-corrected chi connectivity index (χ4v) is 2.51. The van der Waals surface area contributed by atoms with Gasteiger partial charge in [0.15, 0.2) is 0 Å². The molecular formula is C14H19N3. The molecule has 0 atom stereocenters. The molecule has 0 unspecified atom stereocenters. The number of hydrogen-bond donors (Lipinski definition) is 0. The average molecular weight is 229 g/mol. The van der Waals surface area contributed by atoms with Gasteiger partial charge in [-0.1, -0.05) is 13.8 Å². The van der Waals surface area contributed by atoms with Gasteiger partial charge in [-0.05, 0) is 31.7 Å². The first-order chi connectivity index (χ1) is 7.93. The molecule has 0 N–H and O–H groups in total. The van der Waals surface area contributed by atoms with Crippen molar-refractivity contribution in [2.45, 2.75) is 34.1 Å². The van der Waals surface area contributed by atoms with Gasteiger partial charge in [0.05, 0.1) is 16.9 Å². The minimum Gasteiger partial charge on any atom is -0.370 e. The molecule has 2 heterocycles. The Morgan fingerprint density at radius 2 is 2.12 bits per heavy atom. The minimum absolute atomic E-state index is 0.345. The zero-order valence-electron chi connectivity index (χ0n) is 11.0. The van der Waals surface area contributed by atoms with Crippen LogP contribution in [-0.4, -0.2) is 18.1 Å². The van der Waals surface area contributed by atoms with E-state index in [1.54, 1.807) is 0 Å². The lowest BCUT2D eigenvalue weighted by atomic mass is 9.93. The Labute approximate surface area is 103 Å². The largest absolute Gasteiger partial charge is 0.370 e. The molecule has 3 heteroatoms. The van der Waals surface area contributed by atoms with Gasteiger partial charge in [-0.3, -0.25) is 4.98 Å². The Balaban J connectivity index is 2.43. The van der Waals surface area contributed by atoms with Crippen LogP contribution < -0.4 is 4.90 Å². The molecule has 1 fully saturated rings. The topological polar surface area (TPSA) is 39.9 Å². The molecule has 1 aliphatic rings. The zero-order chi connectivity index (χ0) is 12.6. The van der Waals surface area contributed by atoms with Crippen molar-refractivity contribution in [2.24, 2.45) is 5.41 Å². The second kappa shape index (κ2) is 4.03. The summed E-state index contributed by atoms with van der Waals surface area (Å²) in [6.07, 6.45) is 1.18. The summed E-state index contributed by atoms with van der Waals surface area (Å²) in [5.74, 6) is 0. The van der Waals surface area contributed by atoms with Crippen LogP contribution >= 0.6 is 0 Å². The number of rotatable bonds is 1. The van der Waals surface area contributed by atoms with Crippen molar-refractivity contribution in [3.8, 4) is 6.07 Å². The van der Waals surface area contributed by atoms with E-state index >= 15 is 0 Å². The molecule has 3 nitrogen and oxygen atoms in total. The second-order valence-electron chi connectivity index (χ2n) is 5.69. The number of hydrogen-bond acceptors (Lipinski definition) is 3. The fraction of sp³-hybridized carbons (Fsp3) is 0.571. The Kier molecular flexibility index (Phi) is 2.82. The number of pyridine rings is 1. The first-order valence-electron chi connectivity index (χ1n) is 6.06. The standard InChI is InChI=1S/C14H19N3/c1-10-7-13(12(8-15)11(2)16-10)17-6-5-14(3,4)9-17/h7H,5-6,9H2,1-4H3. The first-order valence-corrected chi connectivity index (χ1v) is 6.06. The average Bonchev–Trinajstić information content (AvgIpc) is 2.57. The number of anilines is 1. The Morgan fingerprint density at radius 3 is 2.65 bits per heavy atom. The molecule has 0 saturated carbocycles. The van der Waals surface area contributed by atoms with Gasteiger partial charge in [0.2, 0.25) is 0 Å². The predicted octanol–water partition coefficient (Wildman–Crippen LogP) is 2.81. The highest BCUT2D eigenvalue weighted by molar-refractivity contribution is 5.62. The molecule has 17 heavy (non-hydrogen) atoms. The quantitative estimate of drug-likeness (QED) is 0.743. The van der Waals surface area contributed by atoms with E-state index in [1.807, 2.05) is 19.9 Å². The summed E-state index contributed by atoms with van der Waals surface area (Å²) in [5, 5.41) is 9.26. The lowest BCUT2D eigenvalue weighted by Crippen LogP contribution is -2.24. The summed E-state index contributed by atoms with van der Waals surface area (Å²) in [4.78, 5) is 6.68. The Hall–Kier alpha value is -1.56. The Bertz CT molecular complexity index is 483. The van der Waals surface area contributed by atoms with E-state index < -0.39 is 0 Å². The van der Waals surface area contributed by atoms with Crippen molar-refractivity contribution in [3.63, 3.8) is 0 Å². The van der Waals surface area contributed by atoms with Crippen molar-refractivity contribution in [2.75, 3.05) is 18.0 Å². The van der Waals surface area contributed by atoms with Crippen LogP contribution in [0.4, 0.5) is 5.69 Å². The highest BCUT2D eigenvalue weighted by Crippen LogP contribution is 2.34. The highest BCUT2D eigenvalue weighted by Gasteiger charge is 2.30. The molecule has 0 aliphatic carbocycles. The SMILES string of the molecule is Cc1cc(N2CCC(C)(C)C2)c(C#N)c(C)n1. The van der Waals surface area contributed by atoms with Gasteiger partial charge in [0.25, 0.3) is 0 Å². The van der Waals surface area contributed by atoms with Crippen LogP contribution in [0.2, 0.25) is 0 Å². The van der Waals surface area contributed by atoms with Crippen LogP contribution in [0, 0.1) is 30.6 Å². The van der Waals surface area contributed by atoms with Gasteiger partial charge in [0, 0.05) is 18.8 Å². The molecule has 0 bridgehead atoms.